The van der Waals surface area contributed by atoms with E-state index in [4.69, 9.17) is 5.32 Å². The molecule has 2 rings (SSSR count). The average molecular weight is 288 g/mol. The molecule has 1 heterocycles. The average Bonchev–Trinajstić information content (AvgIpc) is 2.83. The third-order valence-corrected chi connectivity index (χ3v) is 5.11. The van der Waals surface area contributed by atoms with Crippen molar-refractivity contribution in [2.24, 2.45) is 0 Å². The summed E-state index contributed by atoms with van der Waals surface area (Å²) in [5, 5.41) is 4.92. The van der Waals surface area contributed by atoms with Crippen molar-refractivity contribution in [3.8, 4) is 0 Å². The molecule has 119 valence electrons. The monoisotopic (exact) mass is 288 g/mol. The summed E-state index contributed by atoms with van der Waals surface area (Å²) in [7, 11) is 0. The van der Waals surface area contributed by atoms with Crippen LogP contribution in [0, 0.1) is 0 Å². The van der Waals surface area contributed by atoms with E-state index in [2.05, 4.69) is 13.8 Å². The minimum absolute atomic E-state index is 1.22. The van der Waals surface area contributed by atoms with E-state index in [9.17, 15) is 0 Å². The van der Waals surface area contributed by atoms with Gasteiger partial charge in [-0.25, -0.2) is 0 Å². The van der Waals surface area contributed by atoms with Gasteiger partial charge in [-0.05, 0) is 56.6 Å². The first-order valence-electron chi connectivity index (χ1n) is 9.46. The Hall–Kier alpha value is -0.720. The lowest BCUT2D eigenvalue weighted by Crippen LogP contribution is -2.03. The zero-order valence-electron chi connectivity index (χ0n) is 14.3. The lowest BCUT2D eigenvalue weighted by Gasteiger charge is -2.13. The highest BCUT2D eigenvalue weighted by molar-refractivity contribution is 5.44. The molecule has 0 atom stereocenters. The molecule has 0 amide bonds. The molecule has 0 spiro atoms. The number of hydrogen-bond acceptors (Lipinski definition) is 0. The van der Waals surface area contributed by atoms with E-state index >= 15 is 0 Å². The predicted octanol–water partition coefficient (Wildman–Crippen LogP) is 6.63. The first-order chi connectivity index (χ1) is 10.3. The summed E-state index contributed by atoms with van der Waals surface area (Å²) in [5.41, 5.74) is 5.99. The molecule has 0 unspecified atom stereocenters. The molecule has 0 aromatic heterocycles. The standard InChI is InChI=1S/C20H34N/c1-3-4-5-6-7-8-9-10-11-15-19-17(2)18-14-12-13-16-20(18)21-19/h3-16H2,1-2H3. The van der Waals surface area contributed by atoms with Crippen LogP contribution in [0.15, 0.2) is 22.5 Å². The largest absolute Gasteiger partial charge is 0.257 e. The van der Waals surface area contributed by atoms with Crippen LogP contribution < -0.4 is 5.32 Å². The van der Waals surface area contributed by atoms with Crippen LogP contribution in [0.3, 0.4) is 0 Å². The van der Waals surface area contributed by atoms with Gasteiger partial charge in [0, 0.05) is 11.4 Å². The molecule has 0 aromatic rings. The Morgan fingerprint density at radius 2 is 1.43 bits per heavy atom. The first kappa shape index (κ1) is 16.6. The lowest BCUT2D eigenvalue weighted by atomic mass is 9.93. The second kappa shape index (κ2) is 9.33. The Labute approximate surface area is 132 Å². The number of allylic oxidation sites excluding steroid dienone is 4. The molecule has 0 saturated carbocycles. The maximum absolute atomic E-state index is 4.92. The van der Waals surface area contributed by atoms with Crippen molar-refractivity contribution in [3.05, 3.63) is 22.5 Å². The maximum atomic E-state index is 4.92. The quantitative estimate of drug-likeness (QED) is 0.401. The molecule has 1 heteroatoms. The molecule has 1 nitrogen and oxygen atoms in total. The van der Waals surface area contributed by atoms with Gasteiger partial charge < -0.3 is 0 Å². The first-order valence-corrected chi connectivity index (χ1v) is 9.46. The lowest BCUT2D eigenvalue weighted by molar-refractivity contribution is 0.561. The fraction of sp³-hybridized carbons (Fsp3) is 0.800. The van der Waals surface area contributed by atoms with E-state index in [1.807, 2.05) is 0 Å². The minimum atomic E-state index is 1.22. The molecule has 0 fully saturated rings. The van der Waals surface area contributed by atoms with Crippen molar-refractivity contribution in [3.63, 3.8) is 0 Å². The van der Waals surface area contributed by atoms with Gasteiger partial charge in [-0.1, -0.05) is 58.3 Å². The summed E-state index contributed by atoms with van der Waals surface area (Å²) in [6, 6.07) is 0. The van der Waals surface area contributed by atoms with E-state index in [1.165, 1.54) is 107 Å². The second-order valence-electron chi connectivity index (χ2n) is 6.89. The van der Waals surface area contributed by atoms with Crippen molar-refractivity contribution >= 4 is 0 Å². The van der Waals surface area contributed by atoms with Crippen LogP contribution in [0.25, 0.3) is 0 Å². The molecule has 1 aliphatic carbocycles. The van der Waals surface area contributed by atoms with Crippen molar-refractivity contribution in [2.75, 3.05) is 0 Å². The predicted molar refractivity (Wildman–Crippen MR) is 92.2 cm³/mol. The molecular formula is C20H34N. The molecule has 0 aromatic carbocycles. The molecule has 21 heavy (non-hydrogen) atoms. The third kappa shape index (κ3) is 5.20. The zero-order valence-corrected chi connectivity index (χ0v) is 14.3. The van der Waals surface area contributed by atoms with E-state index < -0.39 is 0 Å². The fourth-order valence-electron chi connectivity index (χ4n) is 3.68. The number of hydrogen-bond donors (Lipinski definition) is 0. The summed E-state index contributed by atoms with van der Waals surface area (Å²) < 4.78 is 0. The number of unbranched alkanes of at least 4 members (excludes halogenated alkanes) is 8. The normalized spacial score (nSPS) is 18.2. The highest BCUT2D eigenvalue weighted by atomic mass is 14.9. The smallest absolute Gasteiger partial charge is 0.0442 e. The van der Waals surface area contributed by atoms with Crippen LogP contribution in [-0.4, -0.2) is 0 Å². The summed E-state index contributed by atoms with van der Waals surface area (Å²) in [5.74, 6) is 0. The van der Waals surface area contributed by atoms with Crippen LogP contribution in [0.2, 0.25) is 0 Å². The van der Waals surface area contributed by atoms with Gasteiger partial charge in [0.1, 0.15) is 0 Å². The van der Waals surface area contributed by atoms with Gasteiger partial charge in [0.05, 0.1) is 0 Å². The van der Waals surface area contributed by atoms with Gasteiger partial charge in [-0.3, -0.25) is 5.32 Å². The van der Waals surface area contributed by atoms with Gasteiger partial charge in [-0.15, -0.1) is 0 Å². The summed E-state index contributed by atoms with van der Waals surface area (Å²) >= 11 is 0. The Bertz CT molecular complexity index is 375. The van der Waals surface area contributed by atoms with Crippen LogP contribution in [0.5, 0.6) is 0 Å². The Kier molecular flexibility index (Phi) is 7.39. The Balaban J connectivity index is 1.53. The molecule has 0 saturated heterocycles. The molecule has 0 bridgehead atoms. The van der Waals surface area contributed by atoms with Gasteiger partial charge >= 0.3 is 0 Å². The summed E-state index contributed by atoms with van der Waals surface area (Å²) in [6.07, 6.45) is 19.2. The summed E-state index contributed by atoms with van der Waals surface area (Å²) in [4.78, 5) is 0. The van der Waals surface area contributed by atoms with Crippen LogP contribution in [0.1, 0.15) is 104 Å². The zero-order chi connectivity index (χ0) is 14.9. The van der Waals surface area contributed by atoms with E-state index in [0.29, 0.717) is 0 Å². The SMILES string of the molecule is CCCCCCCCCCCC1=C(C)C2=C(CCCC2)[N]1. The highest BCUT2D eigenvalue weighted by Gasteiger charge is 2.24. The van der Waals surface area contributed by atoms with Crippen LogP contribution >= 0.6 is 0 Å². The van der Waals surface area contributed by atoms with Crippen LogP contribution in [0.4, 0.5) is 0 Å². The topological polar surface area (TPSA) is 14.1 Å². The number of rotatable bonds is 10. The van der Waals surface area contributed by atoms with Gasteiger partial charge in [-0.2, -0.15) is 0 Å². The Morgan fingerprint density at radius 3 is 2.10 bits per heavy atom. The molecule has 0 N–H and O–H groups in total. The summed E-state index contributed by atoms with van der Waals surface area (Å²) in [6.45, 7) is 4.59. The fourth-order valence-corrected chi connectivity index (χ4v) is 3.68. The van der Waals surface area contributed by atoms with E-state index in [1.54, 1.807) is 5.57 Å². The van der Waals surface area contributed by atoms with Crippen molar-refractivity contribution in [1.29, 1.82) is 0 Å². The van der Waals surface area contributed by atoms with Crippen molar-refractivity contribution in [1.82, 2.24) is 5.32 Å². The van der Waals surface area contributed by atoms with E-state index in [0.717, 1.165) is 0 Å². The van der Waals surface area contributed by atoms with Gasteiger partial charge in [0.25, 0.3) is 0 Å². The molecule has 2 aliphatic rings. The van der Waals surface area contributed by atoms with Gasteiger partial charge in [0.15, 0.2) is 0 Å². The highest BCUT2D eigenvalue weighted by Crippen LogP contribution is 2.37. The Morgan fingerprint density at radius 1 is 0.810 bits per heavy atom. The second-order valence-corrected chi connectivity index (χ2v) is 6.89. The minimum Gasteiger partial charge on any atom is -0.257 e. The van der Waals surface area contributed by atoms with Crippen molar-refractivity contribution < 1.29 is 0 Å². The number of nitrogens with zero attached hydrogens (tertiary/aromatic N) is 1. The van der Waals surface area contributed by atoms with Crippen LogP contribution in [-0.2, 0) is 0 Å². The van der Waals surface area contributed by atoms with E-state index in [-0.39, 0.29) is 0 Å². The molecule has 1 aliphatic heterocycles. The maximum Gasteiger partial charge on any atom is 0.0442 e. The molecular weight excluding hydrogens is 254 g/mol. The molecule has 1 radical (unpaired) electrons. The third-order valence-electron chi connectivity index (χ3n) is 5.11. The van der Waals surface area contributed by atoms with Crippen molar-refractivity contribution in [2.45, 2.75) is 104 Å². The van der Waals surface area contributed by atoms with Gasteiger partial charge in [0.2, 0.25) is 0 Å².